The molecule has 1 aromatic rings. The van der Waals surface area contributed by atoms with Crippen LogP contribution >= 0.6 is 11.6 Å². The van der Waals surface area contributed by atoms with Gasteiger partial charge in [0.05, 0.1) is 6.07 Å². The van der Waals surface area contributed by atoms with Crippen LogP contribution < -0.4 is 5.32 Å². The minimum absolute atomic E-state index is 0.109. The van der Waals surface area contributed by atoms with Crippen molar-refractivity contribution in [1.29, 1.82) is 5.26 Å². The van der Waals surface area contributed by atoms with Gasteiger partial charge in [0.1, 0.15) is 6.04 Å². The number of carbonyl (C=O) groups is 1. The van der Waals surface area contributed by atoms with E-state index in [1.807, 2.05) is 6.92 Å². The summed E-state index contributed by atoms with van der Waals surface area (Å²) >= 11 is 5.94. The van der Waals surface area contributed by atoms with Gasteiger partial charge in [-0.15, -0.1) is 0 Å². The Bertz CT molecular complexity index is 509. The van der Waals surface area contributed by atoms with E-state index in [0.717, 1.165) is 12.1 Å². The van der Waals surface area contributed by atoms with E-state index in [2.05, 4.69) is 11.4 Å². The first-order valence-corrected chi connectivity index (χ1v) is 6.18. The van der Waals surface area contributed by atoms with Crippen molar-refractivity contribution >= 4 is 17.5 Å². The lowest BCUT2D eigenvalue weighted by molar-refractivity contribution is 0.0687. The third-order valence-electron chi connectivity index (χ3n) is 3.06. The summed E-state index contributed by atoms with van der Waals surface area (Å²) in [6.07, 6.45) is 0. The van der Waals surface area contributed by atoms with Crippen LogP contribution in [0.4, 0.5) is 0 Å². The smallest absolute Gasteiger partial charge is 0.255 e. The van der Waals surface area contributed by atoms with Crippen LogP contribution in [-0.4, -0.2) is 36.5 Å². The number of hydrogen-bond acceptors (Lipinski definition) is 3. The largest absolute Gasteiger partial charge is 0.320 e. The first-order valence-electron chi connectivity index (χ1n) is 5.81. The fourth-order valence-electron chi connectivity index (χ4n) is 2.01. The molecule has 0 bridgehead atoms. The maximum Gasteiger partial charge on any atom is 0.255 e. The lowest BCUT2D eigenvalue weighted by Gasteiger charge is -2.32. The van der Waals surface area contributed by atoms with E-state index in [4.69, 9.17) is 16.9 Å². The van der Waals surface area contributed by atoms with E-state index < -0.39 is 6.04 Å². The number of nitrogens with one attached hydrogen (secondary N) is 1. The Hall–Kier alpha value is -1.57. The van der Waals surface area contributed by atoms with Crippen molar-refractivity contribution in [2.24, 2.45) is 0 Å². The Morgan fingerprint density at radius 2 is 2.39 bits per heavy atom. The number of benzene rings is 1. The van der Waals surface area contributed by atoms with E-state index in [-0.39, 0.29) is 5.91 Å². The van der Waals surface area contributed by atoms with Gasteiger partial charge in [0.25, 0.3) is 5.91 Å². The zero-order valence-corrected chi connectivity index (χ0v) is 10.9. The van der Waals surface area contributed by atoms with Gasteiger partial charge in [-0.25, -0.2) is 0 Å². The average Bonchev–Trinajstić information content (AvgIpc) is 2.41. The van der Waals surface area contributed by atoms with Crippen molar-refractivity contribution in [3.05, 3.63) is 34.3 Å². The third-order valence-corrected chi connectivity index (χ3v) is 3.48. The maximum absolute atomic E-state index is 12.3. The van der Waals surface area contributed by atoms with Gasteiger partial charge in [0.15, 0.2) is 0 Å². The van der Waals surface area contributed by atoms with Crippen molar-refractivity contribution < 1.29 is 4.79 Å². The molecule has 5 heteroatoms. The molecule has 94 valence electrons. The van der Waals surface area contributed by atoms with Crippen LogP contribution in [0, 0.1) is 18.3 Å². The van der Waals surface area contributed by atoms with Gasteiger partial charge in [-0.1, -0.05) is 11.6 Å². The summed E-state index contributed by atoms with van der Waals surface area (Å²) in [6, 6.07) is 6.93. The van der Waals surface area contributed by atoms with Gasteiger partial charge in [0, 0.05) is 30.2 Å². The van der Waals surface area contributed by atoms with Gasteiger partial charge in [-0.3, -0.25) is 4.79 Å². The molecule has 1 unspecified atom stereocenters. The molecule has 1 fully saturated rings. The van der Waals surface area contributed by atoms with E-state index in [9.17, 15) is 4.79 Å². The summed E-state index contributed by atoms with van der Waals surface area (Å²) < 4.78 is 0. The molecule has 18 heavy (non-hydrogen) atoms. The summed E-state index contributed by atoms with van der Waals surface area (Å²) in [4.78, 5) is 13.9. The van der Waals surface area contributed by atoms with E-state index >= 15 is 0 Å². The minimum atomic E-state index is -0.401. The molecule has 1 aliphatic rings. The molecular weight excluding hydrogens is 250 g/mol. The van der Waals surface area contributed by atoms with Crippen LogP contribution in [0.5, 0.6) is 0 Å². The first kappa shape index (κ1) is 12.9. The molecule has 0 radical (unpaired) electrons. The molecule has 4 nitrogen and oxygen atoms in total. The molecular formula is C13H14ClN3O. The van der Waals surface area contributed by atoms with Crippen LogP contribution in [0.15, 0.2) is 18.2 Å². The Morgan fingerprint density at radius 3 is 3.06 bits per heavy atom. The highest BCUT2D eigenvalue weighted by atomic mass is 35.5. The number of nitrogens with zero attached hydrogens (tertiary/aromatic N) is 2. The topological polar surface area (TPSA) is 56.1 Å². The molecule has 1 amide bonds. The predicted octanol–water partition coefficient (Wildman–Crippen LogP) is 1.59. The van der Waals surface area contributed by atoms with Crippen molar-refractivity contribution in [2.45, 2.75) is 13.0 Å². The molecule has 1 heterocycles. The number of nitriles is 1. The molecule has 1 N–H and O–H groups in total. The molecule has 0 saturated carbocycles. The lowest BCUT2D eigenvalue weighted by atomic mass is 10.1. The van der Waals surface area contributed by atoms with E-state index in [1.54, 1.807) is 23.1 Å². The number of halogens is 1. The number of carbonyl (C=O) groups excluding carboxylic acids is 1. The summed E-state index contributed by atoms with van der Waals surface area (Å²) in [7, 11) is 0. The molecule has 0 spiro atoms. The maximum atomic E-state index is 12.3. The fourth-order valence-corrected chi connectivity index (χ4v) is 2.12. The highest BCUT2D eigenvalue weighted by Gasteiger charge is 2.27. The van der Waals surface area contributed by atoms with Crippen molar-refractivity contribution in [2.75, 3.05) is 19.6 Å². The monoisotopic (exact) mass is 263 g/mol. The van der Waals surface area contributed by atoms with Crippen LogP contribution in [0.25, 0.3) is 0 Å². The zero-order valence-electron chi connectivity index (χ0n) is 10.1. The van der Waals surface area contributed by atoms with Gasteiger partial charge in [-0.2, -0.15) is 5.26 Å². The Kier molecular flexibility index (Phi) is 3.85. The first-order chi connectivity index (χ1) is 8.63. The van der Waals surface area contributed by atoms with Crippen molar-refractivity contribution in [3.8, 4) is 6.07 Å². The molecule has 2 rings (SSSR count). The second-order valence-corrected chi connectivity index (χ2v) is 4.72. The fraction of sp³-hybridized carbons (Fsp3) is 0.385. The minimum Gasteiger partial charge on any atom is -0.320 e. The Balaban J connectivity index is 2.24. The highest BCUT2D eigenvalue weighted by Crippen LogP contribution is 2.18. The second-order valence-electron chi connectivity index (χ2n) is 4.31. The number of rotatable bonds is 1. The van der Waals surface area contributed by atoms with Gasteiger partial charge in [0.2, 0.25) is 0 Å². The average molecular weight is 264 g/mol. The van der Waals surface area contributed by atoms with Crippen LogP contribution in [0.3, 0.4) is 0 Å². The van der Waals surface area contributed by atoms with Crippen LogP contribution in [-0.2, 0) is 0 Å². The predicted molar refractivity (Wildman–Crippen MR) is 69.5 cm³/mol. The third kappa shape index (κ3) is 2.47. The SMILES string of the molecule is Cc1cc(C(=O)N2CCNCC2C#N)ccc1Cl. The number of aryl methyl sites for hydroxylation is 1. The highest BCUT2D eigenvalue weighted by molar-refractivity contribution is 6.31. The Morgan fingerprint density at radius 1 is 1.61 bits per heavy atom. The summed E-state index contributed by atoms with van der Waals surface area (Å²) in [5.74, 6) is -0.109. The summed E-state index contributed by atoms with van der Waals surface area (Å²) in [6.45, 7) is 3.66. The van der Waals surface area contributed by atoms with Crippen molar-refractivity contribution in [1.82, 2.24) is 10.2 Å². The number of amides is 1. The summed E-state index contributed by atoms with van der Waals surface area (Å²) in [5.41, 5.74) is 1.45. The summed E-state index contributed by atoms with van der Waals surface area (Å²) in [5, 5.41) is 12.8. The van der Waals surface area contributed by atoms with E-state index in [0.29, 0.717) is 23.7 Å². The molecule has 0 aromatic heterocycles. The quantitative estimate of drug-likeness (QED) is 0.837. The molecule has 1 atom stereocenters. The molecule has 1 saturated heterocycles. The van der Waals surface area contributed by atoms with Gasteiger partial charge in [-0.05, 0) is 30.7 Å². The lowest BCUT2D eigenvalue weighted by Crippen LogP contribution is -2.53. The van der Waals surface area contributed by atoms with Crippen LogP contribution in [0.1, 0.15) is 15.9 Å². The molecule has 1 aliphatic heterocycles. The van der Waals surface area contributed by atoms with E-state index in [1.165, 1.54) is 0 Å². The number of hydrogen-bond donors (Lipinski definition) is 1. The molecule has 1 aromatic carbocycles. The standard InChI is InChI=1S/C13H14ClN3O/c1-9-6-10(2-3-12(9)14)13(18)17-5-4-16-8-11(17)7-15/h2-3,6,11,16H,4-5,8H2,1H3. The normalized spacial score (nSPS) is 19.4. The molecule has 0 aliphatic carbocycles. The van der Waals surface area contributed by atoms with Crippen LogP contribution in [0.2, 0.25) is 5.02 Å². The zero-order chi connectivity index (χ0) is 13.1. The van der Waals surface area contributed by atoms with Gasteiger partial charge < -0.3 is 10.2 Å². The Labute approximate surface area is 111 Å². The second kappa shape index (κ2) is 5.38. The van der Waals surface area contributed by atoms with Crippen molar-refractivity contribution in [3.63, 3.8) is 0 Å². The number of piperazine rings is 1. The van der Waals surface area contributed by atoms with Gasteiger partial charge >= 0.3 is 0 Å².